The Morgan fingerprint density at radius 1 is 1.21 bits per heavy atom. The Bertz CT molecular complexity index is 807. The summed E-state index contributed by atoms with van der Waals surface area (Å²) in [6, 6.07) is 10.4. The number of hydrogen-bond acceptors (Lipinski definition) is 5. The SMILES string of the molecule is CCOCCCNC(=O)[C@@H]1CCCN(c2ccc(-c3ccc(C)c(C)c3)nn2)C1. The molecule has 1 aliphatic heterocycles. The standard InChI is InChI=1S/C23H32N4O2/c1-4-29-14-6-12-24-23(28)20-7-5-13-27(16-20)22-11-10-21(25-26-22)19-9-8-17(2)18(3)15-19/h8-11,15,20H,4-7,12-14,16H2,1-3H3,(H,24,28)/t20-/m1/s1. The minimum absolute atomic E-state index is 0.00271. The number of nitrogens with zero attached hydrogens (tertiary/aromatic N) is 3. The fourth-order valence-corrected chi connectivity index (χ4v) is 3.62. The van der Waals surface area contributed by atoms with Crippen LogP contribution in [0.15, 0.2) is 30.3 Å². The molecule has 1 aromatic carbocycles. The fourth-order valence-electron chi connectivity index (χ4n) is 3.62. The van der Waals surface area contributed by atoms with Crippen molar-refractivity contribution < 1.29 is 9.53 Å². The highest BCUT2D eigenvalue weighted by Gasteiger charge is 2.26. The second-order valence-electron chi connectivity index (χ2n) is 7.70. The molecule has 1 N–H and O–H groups in total. The molecule has 0 aliphatic carbocycles. The molecule has 0 unspecified atom stereocenters. The summed E-state index contributed by atoms with van der Waals surface area (Å²) in [5.41, 5.74) is 4.47. The van der Waals surface area contributed by atoms with Crippen LogP contribution in [0.3, 0.4) is 0 Å². The maximum Gasteiger partial charge on any atom is 0.224 e. The predicted octanol–water partition coefficient (Wildman–Crippen LogP) is 3.52. The summed E-state index contributed by atoms with van der Waals surface area (Å²) in [6.45, 7) is 9.87. The van der Waals surface area contributed by atoms with Gasteiger partial charge >= 0.3 is 0 Å². The van der Waals surface area contributed by atoms with Crippen molar-refractivity contribution in [1.82, 2.24) is 15.5 Å². The Hall–Kier alpha value is -2.47. The number of rotatable bonds is 8. The highest BCUT2D eigenvalue weighted by Crippen LogP contribution is 2.24. The van der Waals surface area contributed by atoms with E-state index in [1.54, 1.807) is 0 Å². The van der Waals surface area contributed by atoms with Crippen LogP contribution in [0.1, 0.15) is 37.3 Å². The van der Waals surface area contributed by atoms with E-state index in [1.807, 2.05) is 19.1 Å². The minimum Gasteiger partial charge on any atom is -0.382 e. The quantitative estimate of drug-likeness (QED) is 0.692. The molecule has 1 amide bonds. The van der Waals surface area contributed by atoms with Gasteiger partial charge in [0, 0.05) is 38.4 Å². The third-order valence-electron chi connectivity index (χ3n) is 5.54. The van der Waals surface area contributed by atoms with Crippen LogP contribution in [0.25, 0.3) is 11.3 Å². The Labute approximate surface area is 173 Å². The molecule has 29 heavy (non-hydrogen) atoms. The van der Waals surface area contributed by atoms with Gasteiger partial charge in [0.05, 0.1) is 11.6 Å². The van der Waals surface area contributed by atoms with E-state index in [-0.39, 0.29) is 11.8 Å². The summed E-state index contributed by atoms with van der Waals surface area (Å²) in [5.74, 6) is 0.967. The van der Waals surface area contributed by atoms with Gasteiger partial charge in [-0.1, -0.05) is 12.1 Å². The Morgan fingerprint density at radius 2 is 2.07 bits per heavy atom. The van der Waals surface area contributed by atoms with Gasteiger partial charge in [-0.3, -0.25) is 4.79 Å². The number of carbonyl (C=O) groups excluding carboxylic acids is 1. The van der Waals surface area contributed by atoms with Crippen molar-refractivity contribution in [3.05, 3.63) is 41.5 Å². The lowest BCUT2D eigenvalue weighted by Crippen LogP contribution is -2.43. The van der Waals surface area contributed by atoms with Gasteiger partial charge in [-0.25, -0.2) is 0 Å². The number of nitrogens with one attached hydrogen (secondary N) is 1. The normalized spacial score (nSPS) is 16.7. The second kappa shape index (κ2) is 10.3. The molecule has 0 saturated carbocycles. The molecule has 6 nitrogen and oxygen atoms in total. The first-order chi connectivity index (χ1) is 14.1. The molecule has 1 fully saturated rings. The summed E-state index contributed by atoms with van der Waals surface area (Å²) in [5, 5.41) is 11.9. The first-order valence-electron chi connectivity index (χ1n) is 10.6. The van der Waals surface area contributed by atoms with Crippen LogP contribution in [-0.2, 0) is 9.53 Å². The van der Waals surface area contributed by atoms with Crippen molar-refractivity contribution in [1.29, 1.82) is 0 Å². The lowest BCUT2D eigenvalue weighted by molar-refractivity contribution is -0.125. The van der Waals surface area contributed by atoms with Gasteiger partial charge in [-0.15, -0.1) is 10.2 Å². The summed E-state index contributed by atoms with van der Waals surface area (Å²) in [7, 11) is 0. The largest absolute Gasteiger partial charge is 0.382 e. The molecule has 156 valence electrons. The van der Waals surface area contributed by atoms with E-state index in [4.69, 9.17) is 4.74 Å². The van der Waals surface area contributed by atoms with Crippen molar-refractivity contribution >= 4 is 11.7 Å². The monoisotopic (exact) mass is 396 g/mol. The molecule has 0 spiro atoms. The van der Waals surface area contributed by atoms with E-state index < -0.39 is 0 Å². The molecular formula is C23H32N4O2. The highest BCUT2D eigenvalue weighted by molar-refractivity contribution is 5.79. The van der Waals surface area contributed by atoms with Crippen molar-refractivity contribution in [3.63, 3.8) is 0 Å². The van der Waals surface area contributed by atoms with Crippen LogP contribution >= 0.6 is 0 Å². The number of amides is 1. The molecule has 2 aromatic rings. The van der Waals surface area contributed by atoms with E-state index in [2.05, 4.69) is 52.5 Å². The van der Waals surface area contributed by atoms with Gasteiger partial charge in [-0.2, -0.15) is 0 Å². The second-order valence-corrected chi connectivity index (χ2v) is 7.70. The van der Waals surface area contributed by atoms with Crippen LogP contribution in [0.2, 0.25) is 0 Å². The van der Waals surface area contributed by atoms with Crippen LogP contribution < -0.4 is 10.2 Å². The van der Waals surface area contributed by atoms with E-state index >= 15 is 0 Å². The van der Waals surface area contributed by atoms with E-state index in [0.717, 1.165) is 49.5 Å². The van der Waals surface area contributed by atoms with Crippen LogP contribution in [-0.4, -0.2) is 49.0 Å². The maximum atomic E-state index is 12.5. The fraction of sp³-hybridized carbons (Fsp3) is 0.522. The zero-order chi connectivity index (χ0) is 20.6. The number of benzene rings is 1. The minimum atomic E-state index is -0.00271. The molecule has 1 aromatic heterocycles. The topological polar surface area (TPSA) is 67.3 Å². The highest BCUT2D eigenvalue weighted by atomic mass is 16.5. The number of carbonyl (C=O) groups is 1. The van der Waals surface area contributed by atoms with Crippen LogP contribution in [0, 0.1) is 19.8 Å². The lowest BCUT2D eigenvalue weighted by Gasteiger charge is -2.32. The van der Waals surface area contributed by atoms with E-state index in [0.29, 0.717) is 19.7 Å². The first kappa shape index (κ1) is 21.2. The van der Waals surface area contributed by atoms with Gasteiger partial charge < -0.3 is 15.0 Å². The Morgan fingerprint density at radius 3 is 2.79 bits per heavy atom. The summed E-state index contributed by atoms with van der Waals surface area (Å²) in [6.07, 6.45) is 2.75. The van der Waals surface area contributed by atoms with Gasteiger partial charge in [0.15, 0.2) is 5.82 Å². The Balaban J connectivity index is 1.57. The average molecular weight is 397 g/mol. The number of anilines is 1. The van der Waals surface area contributed by atoms with Crippen molar-refractivity contribution in [2.24, 2.45) is 5.92 Å². The van der Waals surface area contributed by atoms with Gasteiger partial charge in [0.25, 0.3) is 0 Å². The van der Waals surface area contributed by atoms with Gasteiger partial charge in [-0.05, 0) is 69.4 Å². The van der Waals surface area contributed by atoms with Crippen molar-refractivity contribution in [2.45, 2.75) is 40.0 Å². The smallest absolute Gasteiger partial charge is 0.224 e. The molecule has 2 heterocycles. The lowest BCUT2D eigenvalue weighted by atomic mass is 9.97. The third-order valence-corrected chi connectivity index (χ3v) is 5.54. The molecule has 0 bridgehead atoms. The maximum absolute atomic E-state index is 12.5. The number of aryl methyl sites for hydroxylation is 2. The number of hydrogen-bond donors (Lipinski definition) is 1. The van der Waals surface area contributed by atoms with E-state index in [9.17, 15) is 4.79 Å². The Kier molecular flexibility index (Phi) is 7.58. The summed E-state index contributed by atoms with van der Waals surface area (Å²) < 4.78 is 5.31. The van der Waals surface area contributed by atoms with Gasteiger partial charge in [0.2, 0.25) is 5.91 Å². The van der Waals surface area contributed by atoms with E-state index in [1.165, 1.54) is 11.1 Å². The molecule has 0 radical (unpaired) electrons. The molecule has 6 heteroatoms. The average Bonchev–Trinajstić information content (AvgIpc) is 2.75. The zero-order valence-corrected chi connectivity index (χ0v) is 17.8. The molecular weight excluding hydrogens is 364 g/mol. The number of ether oxygens (including phenoxy) is 1. The summed E-state index contributed by atoms with van der Waals surface area (Å²) in [4.78, 5) is 14.7. The first-order valence-corrected chi connectivity index (χ1v) is 10.6. The molecule has 3 rings (SSSR count). The van der Waals surface area contributed by atoms with Crippen LogP contribution in [0.5, 0.6) is 0 Å². The molecule has 1 aliphatic rings. The number of aromatic nitrogens is 2. The van der Waals surface area contributed by atoms with Gasteiger partial charge in [0.1, 0.15) is 0 Å². The van der Waals surface area contributed by atoms with Crippen LogP contribution in [0.4, 0.5) is 5.82 Å². The summed E-state index contributed by atoms with van der Waals surface area (Å²) >= 11 is 0. The molecule has 1 saturated heterocycles. The predicted molar refractivity (Wildman–Crippen MR) is 116 cm³/mol. The van der Waals surface area contributed by atoms with Crippen molar-refractivity contribution in [2.75, 3.05) is 37.7 Å². The third kappa shape index (κ3) is 5.76. The number of piperidine rings is 1. The zero-order valence-electron chi connectivity index (χ0n) is 17.8. The van der Waals surface area contributed by atoms with Crippen molar-refractivity contribution in [3.8, 4) is 11.3 Å². The molecule has 1 atom stereocenters.